The molecule has 2 aliphatic heterocycles. The van der Waals surface area contributed by atoms with Crippen LogP contribution in [0, 0.1) is 12.8 Å². The summed E-state index contributed by atoms with van der Waals surface area (Å²) >= 11 is 0. The number of nitrogens with zero attached hydrogens (tertiary/aromatic N) is 4. The molecule has 2 fully saturated rings. The van der Waals surface area contributed by atoms with Crippen LogP contribution in [0.2, 0.25) is 0 Å². The maximum atomic E-state index is 11.7. The Hall–Kier alpha value is -1.64. The summed E-state index contributed by atoms with van der Waals surface area (Å²) in [7, 11) is -3.06. The lowest BCUT2D eigenvalue weighted by atomic mass is 9.98. The van der Waals surface area contributed by atoms with E-state index in [0.717, 1.165) is 64.6 Å². The van der Waals surface area contributed by atoms with Gasteiger partial charge in [0.15, 0.2) is 5.96 Å². The number of nitrogens with one attached hydrogen (secondary N) is 1. The number of piperidine rings is 1. The molecule has 0 spiro atoms. The van der Waals surface area contributed by atoms with Gasteiger partial charge in [0.25, 0.3) is 0 Å². The van der Waals surface area contributed by atoms with Gasteiger partial charge in [-0.15, -0.1) is 0 Å². The van der Waals surface area contributed by atoms with Crippen LogP contribution in [0.3, 0.4) is 0 Å². The SMILES string of the molecule is CCNC(=NCC1CCN(S(C)(=O)=O)CC1)N1CCN(Cc2cccc(C)c2)CC1. The monoisotopic (exact) mass is 435 g/mol. The molecule has 0 aliphatic carbocycles. The number of hydrogen-bond donors (Lipinski definition) is 1. The van der Waals surface area contributed by atoms with Crippen molar-refractivity contribution in [3.05, 3.63) is 35.4 Å². The summed E-state index contributed by atoms with van der Waals surface area (Å²) in [6.45, 7) is 12.1. The van der Waals surface area contributed by atoms with E-state index in [9.17, 15) is 8.42 Å². The van der Waals surface area contributed by atoms with Gasteiger partial charge in [0.1, 0.15) is 0 Å². The number of guanidine groups is 1. The van der Waals surface area contributed by atoms with Gasteiger partial charge >= 0.3 is 0 Å². The van der Waals surface area contributed by atoms with Crippen molar-refractivity contribution >= 4 is 16.0 Å². The van der Waals surface area contributed by atoms with E-state index in [4.69, 9.17) is 4.99 Å². The average Bonchev–Trinajstić information content (AvgIpc) is 2.71. The van der Waals surface area contributed by atoms with E-state index in [-0.39, 0.29) is 0 Å². The van der Waals surface area contributed by atoms with Gasteiger partial charge in [-0.1, -0.05) is 29.8 Å². The molecule has 0 radical (unpaired) electrons. The van der Waals surface area contributed by atoms with Crippen LogP contribution >= 0.6 is 0 Å². The number of aryl methyl sites for hydroxylation is 1. The highest BCUT2D eigenvalue weighted by atomic mass is 32.2. The van der Waals surface area contributed by atoms with Crippen LogP contribution in [-0.4, -0.2) is 87.1 Å². The van der Waals surface area contributed by atoms with Gasteiger partial charge in [-0.2, -0.15) is 0 Å². The average molecular weight is 436 g/mol. The molecule has 1 aromatic carbocycles. The second-order valence-corrected chi connectivity index (χ2v) is 10.5. The van der Waals surface area contributed by atoms with Gasteiger partial charge in [-0.05, 0) is 38.2 Å². The Morgan fingerprint density at radius 2 is 1.83 bits per heavy atom. The standard InChI is InChI=1S/C22H37N5O2S/c1-4-23-22(24-17-20-8-10-27(11-9-20)30(3,28)29)26-14-12-25(13-15-26)18-21-7-5-6-19(2)16-21/h5-7,16,20H,4,8-15,17-18H2,1-3H3,(H,23,24). The van der Waals surface area contributed by atoms with E-state index in [1.165, 1.54) is 17.4 Å². The normalized spacial score (nSPS) is 20.5. The van der Waals surface area contributed by atoms with E-state index < -0.39 is 10.0 Å². The first-order valence-corrected chi connectivity index (χ1v) is 13.0. The minimum atomic E-state index is -3.06. The largest absolute Gasteiger partial charge is 0.357 e. The fourth-order valence-electron chi connectivity index (χ4n) is 4.25. The van der Waals surface area contributed by atoms with Gasteiger partial charge in [0.05, 0.1) is 6.26 Å². The predicted molar refractivity (Wildman–Crippen MR) is 123 cm³/mol. The number of sulfonamides is 1. The van der Waals surface area contributed by atoms with E-state index in [0.29, 0.717) is 19.0 Å². The summed E-state index contributed by atoms with van der Waals surface area (Å²) in [6.07, 6.45) is 3.08. The van der Waals surface area contributed by atoms with Crippen molar-refractivity contribution < 1.29 is 8.42 Å². The van der Waals surface area contributed by atoms with Crippen LogP contribution in [0.4, 0.5) is 0 Å². The van der Waals surface area contributed by atoms with Gasteiger partial charge in [-0.3, -0.25) is 9.89 Å². The first kappa shape index (κ1) is 23.0. The summed E-state index contributed by atoms with van der Waals surface area (Å²) in [5, 5.41) is 3.45. The lowest BCUT2D eigenvalue weighted by molar-refractivity contribution is 0.172. The van der Waals surface area contributed by atoms with Crippen LogP contribution < -0.4 is 5.32 Å². The highest BCUT2D eigenvalue weighted by molar-refractivity contribution is 7.88. The quantitative estimate of drug-likeness (QED) is 0.545. The Labute approximate surface area is 182 Å². The molecule has 7 nitrogen and oxygen atoms in total. The van der Waals surface area contributed by atoms with Crippen molar-refractivity contribution in [2.24, 2.45) is 10.9 Å². The Balaban J connectivity index is 1.49. The molecule has 0 saturated carbocycles. The highest BCUT2D eigenvalue weighted by Crippen LogP contribution is 2.19. The molecule has 3 rings (SSSR count). The van der Waals surface area contributed by atoms with E-state index in [2.05, 4.69) is 53.2 Å². The van der Waals surface area contributed by atoms with Crippen molar-refractivity contribution in [3.8, 4) is 0 Å². The third-order valence-electron chi connectivity index (χ3n) is 6.04. The Morgan fingerprint density at radius 1 is 1.13 bits per heavy atom. The molecule has 1 N–H and O–H groups in total. The molecular weight excluding hydrogens is 398 g/mol. The molecular formula is C22H37N5O2S. The molecule has 1 aromatic rings. The lowest BCUT2D eigenvalue weighted by Gasteiger charge is -2.37. The summed E-state index contributed by atoms with van der Waals surface area (Å²) in [6, 6.07) is 8.76. The Morgan fingerprint density at radius 3 is 2.43 bits per heavy atom. The molecule has 30 heavy (non-hydrogen) atoms. The van der Waals surface area contributed by atoms with Gasteiger partial charge in [0, 0.05) is 58.9 Å². The maximum Gasteiger partial charge on any atom is 0.211 e. The van der Waals surface area contributed by atoms with Crippen LogP contribution in [0.5, 0.6) is 0 Å². The maximum absolute atomic E-state index is 11.7. The van der Waals surface area contributed by atoms with Gasteiger partial charge in [-0.25, -0.2) is 12.7 Å². The van der Waals surface area contributed by atoms with Crippen molar-refractivity contribution in [1.82, 2.24) is 19.4 Å². The number of piperazine rings is 1. The minimum absolute atomic E-state index is 0.458. The van der Waals surface area contributed by atoms with E-state index >= 15 is 0 Å². The topological polar surface area (TPSA) is 68.2 Å². The van der Waals surface area contributed by atoms with Crippen LogP contribution in [0.25, 0.3) is 0 Å². The second kappa shape index (κ2) is 10.6. The third-order valence-corrected chi connectivity index (χ3v) is 7.34. The first-order chi connectivity index (χ1) is 14.3. The molecule has 0 aromatic heterocycles. The van der Waals surface area contributed by atoms with Crippen molar-refractivity contribution in [3.63, 3.8) is 0 Å². The summed E-state index contributed by atoms with van der Waals surface area (Å²) < 4.78 is 25.0. The molecule has 2 heterocycles. The fourth-order valence-corrected chi connectivity index (χ4v) is 5.13. The summed E-state index contributed by atoms with van der Waals surface area (Å²) in [5.74, 6) is 1.46. The lowest BCUT2D eigenvalue weighted by Crippen LogP contribution is -2.52. The van der Waals surface area contributed by atoms with E-state index in [1.54, 1.807) is 4.31 Å². The zero-order chi connectivity index (χ0) is 21.6. The smallest absolute Gasteiger partial charge is 0.211 e. The van der Waals surface area contributed by atoms with Crippen LogP contribution in [0.1, 0.15) is 30.9 Å². The van der Waals surface area contributed by atoms with Crippen molar-refractivity contribution in [1.29, 1.82) is 0 Å². The fraction of sp³-hybridized carbons (Fsp3) is 0.682. The molecule has 0 unspecified atom stereocenters. The molecule has 0 bridgehead atoms. The Kier molecular flexibility index (Phi) is 8.13. The zero-order valence-electron chi connectivity index (χ0n) is 18.7. The number of hydrogen-bond acceptors (Lipinski definition) is 4. The third kappa shape index (κ3) is 6.68. The van der Waals surface area contributed by atoms with Gasteiger partial charge < -0.3 is 10.2 Å². The van der Waals surface area contributed by atoms with Crippen LogP contribution in [0.15, 0.2) is 29.3 Å². The second-order valence-electron chi connectivity index (χ2n) is 8.55. The number of rotatable bonds is 6. The summed E-state index contributed by atoms with van der Waals surface area (Å²) in [5.41, 5.74) is 2.69. The van der Waals surface area contributed by atoms with Crippen LogP contribution in [-0.2, 0) is 16.6 Å². The van der Waals surface area contributed by atoms with E-state index in [1.807, 2.05) is 0 Å². The number of benzene rings is 1. The molecule has 168 valence electrons. The Bertz CT molecular complexity index is 811. The first-order valence-electron chi connectivity index (χ1n) is 11.1. The molecule has 2 aliphatic rings. The van der Waals surface area contributed by atoms with Crippen molar-refractivity contribution in [2.75, 3.05) is 58.6 Å². The summed E-state index contributed by atoms with van der Waals surface area (Å²) in [4.78, 5) is 9.79. The number of aliphatic imine (C=N–C) groups is 1. The minimum Gasteiger partial charge on any atom is -0.357 e. The molecule has 0 atom stereocenters. The molecule has 2 saturated heterocycles. The van der Waals surface area contributed by atoms with Gasteiger partial charge in [0.2, 0.25) is 10.0 Å². The zero-order valence-corrected chi connectivity index (χ0v) is 19.5. The van der Waals surface area contributed by atoms with Crippen molar-refractivity contribution in [2.45, 2.75) is 33.2 Å². The molecule has 0 amide bonds. The highest BCUT2D eigenvalue weighted by Gasteiger charge is 2.25. The predicted octanol–water partition coefficient (Wildman–Crippen LogP) is 1.75. The molecule has 8 heteroatoms.